The summed E-state index contributed by atoms with van der Waals surface area (Å²) in [5, 5.41) is 21.9. The van der Waals surface area contributed by atoms with Gasteiger partial charge in [-0.25, -0.2) is 0 Å². The minimum absolute atomic E-state index is 0.0209. The second-order valence-corrected chi connectivity index (χ2v) is 8.39. The van der Waals surface area contributed by atoms with Crippen LogP contribution in [-0.4, -0.2) is 25.9 Å². The smallest absolute Gasteiger partial charge is 0.293 e. The van der Waals surface area contributed by atoms with Gasteiger partial charge in [-0.3, -0.25) is 34.7 Å². The Morgan fingerprint density at radius 3 is 2.17 bits per heavy atom. The number of nitro groups is 2. The number of carbonyl (C=O) groups excluding carboxylic acids is 2. The van der Waals surface area contributed by atoms with Crippen LogP contribution in [0.1, 0.15) is 16.7 Å². The summed E-state index contributed by atoms with van der Waals surface area (Å²) in [4.78, 5) is 47.8. The first-order valence-electron chi connectivity index (χ1n) is 10.3. The van der Waals surface area contributed by atoms with Gasteiger partial charge in [0.05, 0.1) is 26.9 Å². The second-order valence-electron chi connectivity index (χ2n) is 7.40. The molecule has 1 aliphatic rings. The van der Waals surface area contributed by atoms with Crippen LogP contribution in [0.2, 0.25) is 0 Å². The number of rotatable bonds is 8. The van der Waals surface area contributed by atoms with Crippen molar-refractivity contribution in [2.45, 2.75) is 13.2 Å². The fraction of sp³-hybridized carbons (Fsp3) is 0.0833. The zero-order valence-corrected chi connectivity index (χ0v) is 18.8. The van der Waals surface area contributed by atoms with E-state index in [1.54, 1.807) is 48.5 Å². The van der Waals surface area contributed by atoms with Crippen LogP contribution in [0.15, 0.2) is 77.7 Å². The van der Waals surface area contributed by atoms with Crippen molar-refractivity contribution in [3.63, 3.8) is 0 Å². The van der Waals surface area contributed by atoms with Crippen molar-refractivity contribution in [3.8, 4) is 5.75 Å². The standard InChI is InChI=1S/C24H17N3O7S/c28-23-22(35-24(29)25(23)14-17-7-1-3-10-20(17)26(30)31)13-16-6-5-9-19(12-16)34-15-18-8-2-4-11-21(18)27(32)33/h1-13H,14-15H2/b22-13-. The van der Waals surface area contributed by atoms with E-state index in [2.05, 4.69) is 0 Å². The number of ether oxygens (including phenoxy) is 1. The van der Waals surface area contributed by atoms with Gasteiger partial charge in [0.1, 0.15) is 12.4 Å². The Labute approximate surface area is 203 Å². The van der Waals surface area contributed by atoms with Gasteiger partial charge in [0.2, 0.25) is 0 Å². The first-order chi connectivity index (χ1) is 16.8. The molecule has 2 amide bonds. The van der Waals surface area contributed by atoms with Crippen LogP contribution in [-0.2, 0) is 17.9 Å². The van der Waals surface area contributed by atoms with E-state index in [0.717, 1.165) is 16.7 Å². The average molecular weight is 491 g/mol. The van der Waals surface area contributed by atoms with Crippen LogP contribution in [0, 0.1) is 20.2 Å². The van der Waals surface area contributed by atoms with Crippen LogP contribution in [0.4, 0.5) is 16.2 Å². The topological polar surface area (TPSA) is 133 Å². The highest BCUT2D eigenvalue weighted by molar-refractivity contribution is 8.18. The number of hydrogen-bond acceptors (Lipinski definition) is 8. The highest BCUT2D eigenvalue weighted by Crippen LogP contribution is 2.35. The van der Waals surface area contributed by atoms with E-state index in [1.165, 1.54) is 30.3 Å². The number of hydrogen-bond donors (Lipinski definition) is 0. The Morgan fingerprint density at radius 1 is 0.857 bits per heavy atom. The Morgan fingerprint density at radius 2 is 1.49 bits per heavy atom. The number of benzene rings is 3. The van der Waals surface area contributed by atoms with E-state index < -0.39 is 21.0 Å². The molecule has 0 spiro atoms. The number of thioether (sulfide) groups is 1. The molecule has 1 heterocycles. The average Bonchev–Trinajstić information content (AvgIpc) is 3.10. The van der Waals surface area contributed by atoms with Crippen molar-refractivity contribution in [1.82, 2.24) is 4.90 Å². The van der Waals surface area contributed by atoms with Crippen molar-refractivity contribution in [2.24, 2.45) is 0 Å². The first kappa shape index (κ1) is 23.6. The maximum absolute atomic E-state index is 12.9. The first-order valence-corrected chi connectivity index (χ1v) is 11.1. The molecular formula is C24H17N3O7S. The number of imide groups is 1. The van der Waals surface area contributed by atoms with Crippen LogP contribution < -0.4 is 4.74 Å². The molecule has 0 saturated carbocycles. The number of nitro benzene ring substituents is 2. The second kappa shape index (κ2) is 10.2. The predicted octanol–water partition coefficient (Wildman–Crippen LogP) is 5.32. The highest BCUT2D eigenvalue weighted by Gasteiger charge is 2.36. The third-order valence-corrected chi connectivity index (χ3v) is 6.04. The van der Waals surface area contributed by atoms with Gasteiger partial charge in [-0.15, -0.1) is 0 Å². The maximum atomic E-state index is 12.9. The van der Waals surface area contributed by atoms with Crippen LogP contribution in [0.3, 0.4) is 0 Å². The largest absolute Gasteiger partial charge is 0.489 e. The number of carbonyl (C=O) groups is 2. The molecule has 0 atom stereocenters. The van der Waals surface area contributed by atoms with E-state index in [-0.39, 0.29) is 35.0 Å². The van der Waals surface area contributed by atoms with Gasteiger partial charge in [-0.05, 0) is 41.6 Å². The Bertz CT molecular complexity index is 1370. The maximum Gasteiger partial charge on any atom is 0.293 e. The lowest BCUT2D eigenvalue weighted by Crippen LogP contribution is -2.27. The van der Waals surface area contributed by atoms with Gasteiger partial charge >= 0.3 is 0 Å². The van der Waals surface area contributed by atoms with E-state index in [9.17, 15) is 29.8 Å². The highest BCUT2D eigenvalue weighted by atomic mass is 32.2. The molecule has 0 radical (unpaired) electrons. The molecule has 0 N–H and O–H groups in total. The van der Waals surface area contributed by atoms with Crippen molar-refractivity contribution < 1.29 is 24.2 Å². The summed E-state index contributed by atoms with van der Waals surface area (Å²) < 4.78 is 5.71. The lowest BCUT2D eigenvalue weighted by atomic mass is 10.1. The summed E-state index contributed by atoms with van der Waals surface area (Å²) in [6.45, 7) is -0.231. The molecule has 0 aliphatic carbocycles. The van der Waals surface area contributed by atoms with Gasteiger partial charge in [-0.2, -0.15) is 0 Å². The SMILES string of the molecule is O=C1S/C(=C\c2cccc(OCc3ccccc3[N+](=O)[O-])c2)C(=O)N1Cc1ccccc1[N+](=O)[O-]. The Hall–Kier alpha value is -4.51. The molecule has 3 aromatic carbocycles. The quantitative estimate of drug-likeness (QED) is 0.235. The van der Waals surface area contributed by atoms with Gasteiger partial charge in [0.25, 0.3) is 22.5 Å². The van der Waals surface area contributed by atoms with Crippen molar-refractivity contribution in [3.05, 3.63) is 115 Å². The van der Waals surface area contributed by atoms with Crippen LogP contribution >= 0.6 is 11.8 Å². The molecule has 3 aromatic rings. The minimum atomic E-state index is -0.556. The molecule has 1 saturated heterocycles. The van der Waals surface area contributed by atoms with Crippen molar-refractivity contribution in [2.75, 3.05) is 0 Å². The van der Waals surface area contributed by atoms with Crippen molar-refractivity contribution in [1.29, 1.82) is 0 Å². The zero-order valence-electron chi connectivity index (χ0n) is 18.0. The Balaban J connectivity index is 1.49. The minimum Gasteiger partial charge on any atom is -0.489 e. The number of para-hydroxylation sites is 2. The van der Waals surface area contributed by atoms with Gasteiger partial charge in [0, 0.05) is 17.7 Å². The molecule has 11 heteroatoms. The number of nitrogens with zero attached hydrogens (tertiary/aromatic N) is 3. The lowest BCUT2D eigenvalue weighted by molar-refractivity contribution is -0.385. The molecule has 0 bridgehead atoms. The summed E-state index contributed by atoms with van der Waals surface area (Å²) in [5.41, 5.74) is 1.04. The monoisotopic (exact) mass is 491 g/mol. The fourth-order valence-electron chi connectivity index (χ4n) is 3.45. The van der Waals surface area contributed by atoms with Crippen LogP contribution in [0.25, 0.3) is 6.08 Å². The van der Waals surface area contributed by atoms with Gasteiger partial charge in [0.15, 0.2) is 0 Å². The molecule has 176 valence electrons. The molecule has 1 fully saturated rings. The molecule has 0 unspecified atom stereocenters. The summed E-state index contributed by atoms with van der Waals surface area (Å²) in [7, 11) is 0. The summed E-state index contributed by atoms with van der Waals surface area (Å²) in [6.07, 6.45) is 1.53. The third-order valence-electron chi connectivity index (χ3n) is 5.13. The van der Waals surface area contributed by atoms with E-state index in [1.807, 2.05) is 0 Å². The van der Waals surface area contributed by atoms with E-state index >= 15 is 0 Å². The van der Waals surface area contributed by atoms with Crippen molar-refractivity contribution >= 4 is 40.4 Å². The van der Waals surface area contributed by atoms with Crippen LogP contribution in [0.5, 0.6) is 5.75 Å². The fourth-order valence-corrected chi connectivity index (χ4v) is 4.29. The number of amides is 2. The molecule has 35 heavy (non-hydrogen) atoms. The summed E-state index contributed by atoms with van der Waals surface area (Å²) in [5.74, 6) is -0.125. The summed E-state index contributed by atoms with van der Waals surface area (Å²) >= 11 is 0.744. The van der Waals surface area contributed by atoms with E-state index in [0.29, 0.717) is 16.9 Å². The zero-order chi connectivity index (χ0) is 24.9. The van der Waals surface area contributed by atoms with E-state index in [4.69, 9.17) is 4.74 Å². The molecule has 0 aromatic heterocycles. The third kappa shape index (κ3) is 5.36. The molecule has 1 aliphatic heterocycles. The Kier molecular flexibility index (Phi) is 6.88. The molecule has 4 rings (SSSR count). The van der Waals surface area contributed by atoms with Gasteiger partial charge in [-0.1, -0.05) is 42.5 Å². The molecule has 10 nitrogen and oxygen atoms in total. The van der Waals surface area contributed by atoms with Gasteiger partial charge < -0.3 is 4.74 Å². The normalized spacial score (nSPS) is 14.4. The lowest BCUT2D eigenvalue weighted by Gasteiger charge is -2.12. The molecular weight excluding hydrogens is 474 g/mol. The summed E-state index contributed by atoms with van der Waals surface area (Å²) in [6, 6.07) is 18.9. The predicted molar refractivity (Wildman–Crippen MR) is 128 cm³/mol.